The largest absolute Gasteiger partial charge is 0.457 e. The third kappa shape index (κ3) is 0.616. The lowest BCUT2D eigenvalue weighted by Gasteiger charge is -1.48. The van der Waals surface area contributed by atoms with Gasteiger partial charge in [0.15, 0.2) is 0 Å². The van der Waals surface area contributed by atoms with Gasteiger partial charge in [0.1, 0.15) is 0 Å². The van der Waals surface area contributed by atoms with Crippen molar-refractivity contribution in [2.45, 2.75) is 13.1 Å². The summed E-state index contributed by atoms with van der Waals surface area (Å²) in [7, 11) is -0.211. The summed E-state index contributed by atoms with van der Waals surface area (Å²) in [5.41, 5.74) is 0. The molecular weight excluding hydrogens is 96.2 g/mol. The normalized spacial score (nSPS) is 27.6. The van der Waals surface area contributed by atoms with Crippen molar-refractivity contribution in [3.63, 3.8) is 0 Å². The average molecular weight is 102 g/mol. The Hall–Kier alpha value is 0.394. The topological polar surface area (TPSA) is 12.5 Å². The highest BCUT2D eigenvalue weighted by molar-refractivity contribution is 7.29. The fourth-order valence-electron chi connectivity index (χ4n) is 0.204. The molecule has 28 valence electrons. The zero-order valence-electron chi connectivity index (χ0n) is 3.41. The standard InChI is InChI=1S/C2H6OSi2/c1-4-3-5(4)2/h1-2H3. The van der Waals surface area contributed by atoms with E-state index in [1.165, 1.54) is 0 Å². The Morgan fingerprint density at radius 3 is 1.40 bits per heavy atom. The highest BCUT2D eigenvalue weighted by Crippen LogP contribution is 2.09. The fraction of sp³-hybridized carbons (Fsp3) is 1.00. The summed E-state index contributed by atoms with van der Waals surface area (Å²) < 4.78 is 5.12. The summed E-state index contributed by atoms with van der Waals surface area (Å²) in [4.78, 5) is 0. The predicted molar refractivity (Wildman–Crippen MR) is 24.3 cm³/mol. The van der Waals surface area contributed by atoms with Crippen molar-refractivity contribution in [2.24, 2.45) is 0 Å². The summed E-state index contributed by atoms with van der Waals surface area (Å²) in [5, 5.41) is 0. The molecule has 1 saturated heterocycles. The quantitative estimate of drug-likeness (QED) is 0.317. The van der Waals surface area contributed by atoms with Gasteiger partial charge >= 0.3 is 0 Å². The van der Waals surface area contributed by atoms with Crippen LogP contribution >= 0.6 is 0 Å². The molecule has 0 bridgehead atoms. The van der Waals surface area contributed by atoms with E-state index in [0.717, 1.165) is 0 Å². The summed E-state index contributed by atoms with van der Waals surface area (Å²) >= 11 is 0. The van der Waals surface area contributed by atoms with E-state index in [4.69, 9.17) is 4.12 Å². The average Bonchev–Trinajstić information content (AvgIpc) is 1.79. The molecule has 0 amide bonds. The van der Waals surface area contributed by atoms with Crippen LogP contribution in [0.15, 0.2) is 0 Å². The first-order chi connectivity index (χ1) is 2.30. The summed E-state index contributed by atoms with van der Waals surface area (Å²) in [5.74, 6) is 0. The molecule has 0 N–H and O–H groups in total. The Balaban J connectivity index is 2.20. The second-order valence-electron chi connectivity index (χ2n) is 1.21. The van der Waals surface area contributed by atoms with Crippen LogP contribution in [0.1, 0.15) is 0 Å². The minimum Gasteiger partial charge on any atom is -0.457 e. The van der Waals surface area contributed by atoms with E-state index in [-0.39, 0.29) is 17.1 Å². The first-order valence-electron chi connectivity index (χ1n) is 1.66. The number of rotatable bonds is 0. The van der Waals surface area contributed by atoms with Crippen LogP contribution in [0.3, 0.4) is 0 Å². The summed E-state index contributed by atoms with van der Waals surface area (Å²) in [6.45, 7) is 4.44. The Bertz CT molecular complexity index is 40.9. The third-order valence-electron chi connectivity index (χ3n) is 0.760. The van der Waals surface area contributed by atoms with Crippen LogP contribution in [-0.2, 0) is 4.12 Å². The van der Waals surface area contributed by atoms with Crippen molar-refractivity contribution in [3.05, 3.63) is 0 Å². The van der Waals surface area contributed by atoms with Gasteiger partial charge in [0, 0.05) is 0 Å². The second-order valence-corrected chi connectivity index (χ2v) is 8.48. The summed E-state index contributed by atoms with van der Waals surface area (Å²) in [6.07, 6.45) is 0. The SMILES string of the molecule is C[Si]1O[Si]1C. The summed E-state index contributed by atoms with van der Waals surface area (Å²) in [6, 6.07) is 0. The van der Waals surface area contributed by atoms with Gasteiger partial charge in [-0.25, -0.2) is 0 Å². The van der Waals surface area contributed by atoms with E-state index < -0.39 is 0 Å². The van der Waals surface area contributed by atoms with Gasteiger partial charge in [-0.1, -0.05) is 0 Å². The van der Waals surface area contributed by atoms with E-state index in [0.29, 0.717) is 0 Å². The van der Waals surface area contributed by atoms with Gasteiger partial charge in [-0.2, -0.15) is 0 Å². The molecule has 0 aromatic rings. The lowest BCUT2D eigenvalue weighted by Crippen LogP contribution is -1.86. The monoisotopic (exact) mass is 102 g/mol. The van der Waals surface area contributed by atoms with E-state index >= 15 is 0 Å². The molecule has 1 rings (SSSR count). The highest BCUT2D eigenvalue weighted by Gasteiger charge is 2.34. The Kier molecular flexibility index (Phi) is 0.663. The molecule has 0 spiro atoms. The Morgan fingerprint density at radius 1 is 1.20 bits per heavy atom. The maximum absolute atomic E-state index is 5.12. The van der Waals surface area contributed by atoms with E-state index in [9.17, 15) is 0 Å². The zero-order chi connectivity index (χ0) is 3.86. The zero-order valence-corrected chi connectivity index (χ0v) is 5.41. The molecule has 1 heterocycles. The van der Waals surface area contributed by atoms with E-state index in [1.807, 2.05) is 0 Å². The second kappa shape index (κ2) is 0.926. The van der Waals surface area contributed by atoms with Crippen molar-refractivity contribution < 1.29 is 4.12 Å². The molecule has 3 heteroatoms. The molecule has 0 unspecified atom stereocenters. The van der Waals surface area contributed by atoms with Gasteiger partial charge < -0.3 is 4.12 Å². The van der Waals surface area contributed by atoms with Crippen LogP contribution < -0.4 is 0 Å². The maximum Gasteiger partial charge on any atom is 0.211 e. The lowest BCUT2D eigenvalue weighted by molar-refractivity contribution is 0.723. The maximum atomic E-state index is 5.12. The van der Waals surface area contributed by atoms with Crippen LogP contribution in [0.5, 0.6) is 0 Å². The van der Waals surface area contributed by atoms with Crippen molar-refractivity contribution in [3.8, 4) is 0 Å². The molecule has 1 fully saturated rings. The molecule has 1 aliphatic heterocycles. The third-order valence-corrected chi connectivity index (χ3v) is 6.84. The minimum absolute atomic E-state index is 0.105. The smallest absolute Gasteiger partial charge is 0.211 e. The Labute approximate surface area is 35.2 Å². The molecule has 0 atom stereocenters. The van der Waals surface area contributed by atoms with Crippen LogP contribution in [0, 0.1) is 0 Å². The number of hydrogen-bond acceptors (Lipinski definition) is 1. The predicted octanol–water partition coefficient (Wildman–Crippen LogP) is 0.338. The number of hydrogen-bond donors (Lipinski definition) is 0. The van der Waals surface area contributed by atoms with Crippen LogP contribution in [0.2, 0.25) is 13.1 Å². The van der Waals surface area contributed by atoms with Crippen LogP contribution in [0.4, 0.5) is 0 Å². The first-order valence-corrected chi connectivity index (χ1v) is 6.47. The van der Waals surface area contributed by atoms with Gasteiger partial charge in [-0.15, -0.1) is 0 Å². The highest BCUT2D eigenvalue weighted by atomic mass is 29.3. The van der Waals surface area contributed by atoms with Gasteiger partial charge in [0.05, 0.1) is 0 Å². The lowest BCUT2D eigenvalue weighted by atomic mass is 11.9. The molecule has 1 nitrogen and oxygen atoms in total. The van der Waals surface area contributed by atoms with Gasteiger partial charge in [-0.05, 0) is 13.1 Å². The molecule has 0 aromatic heterocycles. The van der Waals surface area contributed by atoms with Crippen LogP contribution in [0.25, 0.3) is 0 Å². The molecule has 0 aliphatic carbocycles. The van der Waals surface area contributed by atoms with Crippen LogP contribution in [-0.4, -0.2) is 17.1 Å². The van der Waals surface area contributed by atoms with Gasteiger partial charge in [0.2, 0.25) is 17.1 Å². The van der Waals surface area contributed by atoms with Crippen molar-refractivity contribution in [1.82, 2.24) is 0 Å². The fourth-order valence-corrected chi connectivity index (χ4v) is 3.67. The van der Waals surface area contributed by atoms with Crippen molar-refractivity contribution in [2.75, 3.05) is 0 Å². The van der Waals surface area contributed by atoms with E-state index in [1.54, 1.807) is 0 Å². The Morgan fingerprint density at radius 2 is 1.40 bits per heavy atom. The molecule has 1 aliphatic rings. The molecule has 0 aromatic carbocycles. The van der Waals surface area contributed by atoms with E-state index in [2.05, 4.69) is 13.1 Å². The first kappa shape index (κ1) is 3.58. The van der Waals surface area contributed by atoms with Gasteiger partial charge in [0.25, 0.3) is 0 Å². The minimum atomic E-state index is -0.105. The van der Waals surface area contributed by atoms with Crippen molar-refractivity contribution >= 4 is 17.1 Å². The van der Waals surface area contributed by atoms with Gasteiger partial charge in [-0.3, -0.25) is 0 Å². The molecule has 5 heavy (non-hydrogen) atoms. The molecule has 0 saturated carbocycles. The molecule has 2 radical (unpaired) electrons. The molecular formula is C2H6OSi2. The van der Waals surface area contributed by atoms with Crippen molar-refractivity contribution in [1.29, 1.82) is 0 Å².